The Morgan fingerprint density at radius 3 is 2.50 bits per heavy atom. The summed E-state index contributed by atoms with van der Waals surface area (Å²) in [5.74, 6) is 1.99. The van der Waals surface area contributed by atoms with Crippen LogP contribution in [0.2, 0.25) is 0 Å². The molecule has 100 valence electrons. The number of Topliss-reactive ketones (excluding diaryl/α,β-unsaturated/α-hetero) is 1. The van der Waals surface area contributed by atoms with Gasteiger partial charge in [-0.2, -0.15) is 0 Å². The van der Waals surface area contributed by atoms with Gasteiger partial charge in [0.15, 0.2) is 5.78 Å². The highest BCUT2D eigenvalue weighted by atomic mass is 32.2. The minimum absolute atomic E-state index is 0.260. The van der Waals surface area contributed by atoms with E-state index in [9.17, 15) is 4.79 Å². The first kappa shape index (κ1) is 15.1. The second kappa shape index (κ2) is 8.16. The summed E-state index contributed by atoms with van der Waals surface area (Å²) in [5, 5.41) is 0. The number of hydrogen-bond acceptors (Lipinski definition) is 4. The number of carbonyl (C=O) groups is 1. The maximum atomic E-state index is 11.9. The first-order valence-electron chi connectivity index (χ1n) is 6.05. The number of carbonyl (C=O) groups excluding carboxylic acids is 1. The second-order valence-corrected chi connectivity index (χ2v) is 4.96. The van der Waals surface area contributed by atoms with E-state index < -0.39 is 0 Å². The Labute approximate surface area is 114 Å². The zero-order valence-corrected chi connectivity index (χ0v) is 12.1. The van der Waals surface area contributed by atoms with Crippen LogP contribution in [0.1, 0.15) is 12.5 Å². The molecule has 0 fully saturated rings. The molecule has 0 aliphatic carbocycles. The van der Waals surface area contributed by atoms with Crippen LogP contribution in [0.15, 0.2) is 24.3 Å². The van der Waals surface area contributed by atoms with Gasteiger partial charge in [-0.05, 0) is 30.5 Å². The largest absolute Gasteiger partial charge is 0.497 e. The van der Waals surface area contributed by atoms with Crippen LogP contribution in [0.4, 0.5) is 0 Å². The molecule has 1 aromatic carbocycles. The number of ketones is 1. The van der Waals surface area contributed by atoms with E-state index in [0.717, 1.165) is 23.7 Å². The molecular formula is C14H21NO2S. The maximum absolute atomic E-state index is 11.9. The molecule has 0 aliphatic heterocycles. The second-order valence-electron chi connectivity index (χ2n) is 4.13. The van der Waals surface area contributed by atoms with Crippen LogP contribution in [0.3, 0.4) is 0 Å². The molecule has 0 atom stereocenters. The minimum Gasteiger partial charge on any atom is -0.497 e. The lowest BCUT2D eigenvalue weighted by atomic mass is 10.1. The smallest absolute Gasteiger partial charge is 0.151 e. The van der Waals surface area contributed by atoms with Crippen molar-refractivity contribution >= 4 is 17.5 Å². The van der Waals surface area contributed by atoms with Gasteiger partial charge in [0.05, 0.1) is 13.7 Å². The van der Waals surface area contributed by atoms with E-state index in [4.69, 9.17) is 4.74 Å². The number of benzene rings is 1. The van der Waals surface area contributed by atoms with Gasteiger partial charge < -0.3 is 4.74 Å². The summed E-state index contributed by atoms with van der Waals surface area (Å²) < 4.78 is 5.09. The molecule has 4 heteroatoms. The first-order valence-corrected chi connectivity index (χ1v) is 7.45. The van der Waals surface area contributed by atoms with Gasteiger partial charge in [-0.3, -0.25) is 9.69 Å². The van der Waals surface area contributed by atoms with Crippen molar-refractivity contribution in [2.24, 2.45) is 0 Å². The normalized spacial score (nSPS) is 10.7. The summed E-state index contributed by atoms with van der Waals surface area (Å²) in [6.45, 7) is 3.52. The lowest BCUT2D eigenvalue weighted by molar-refractivity contribution is -0.119. The van der Waals surface area contributed by atoms with Crippen LogP contribution >= 0.6 is 11.8 Å². The number of thioether (sulfide) groups is 1. The number of nitrogens with zero attached hydrogens (tertiary/aromatic N) is 1. The number of likely N-dealkylation sites (N-methyl/N-ethyl adjacent to an activating group) is 1. The highest BCUT2D eigenvalue weighted by molar-refractivity contribution is 7.98. The fraction of sp³-hybridized carbons (Fsp3) is 0.500. The molecule has 0 unspecified atom stereocenters. The number of ether oxygens (including phenoxy) is 1. The number of methoxy groups -OCH3 is 1. The molecule has 0 bridgehead atoms. The van der Waals surface area contributed by atoms with Crippen molar-refractivity contribution in [2.75, 3.05) is 32.3 Å². The fourth-order valence-electron chi connectivity index (χ4n) is 1.71. The van der Waals surface area contributed by atoms with Crippen molar-refractivity contribution < 1.29 is 9.53 Å². The van der Waals surface area contributed by atoms with E-state index in [1.165, 1.54) is 0 Å². The van der Waals surface area contributed by atoms with E-state index >= 15 is 0 Å². The standard InChI is InChI=1S/C14H21NO2S/c1-4-15(11-18-3)10-13(16)9-12-5-7-14(17-2)8-6-12/h5-8H,4,9-11H2,1-3H3. The van der Waals surface area contributed by atoms with Crippen molar-refractivity contribution in [1.82, 2.24) is 4.90 Å². The third-order valence-electron chi connectivity index (χ3n) is 2.72. The molecule has 1 rings (SSSR count). The topological polar surface area (TPSA) is 29.5 Å². The third-order valence-corrected chi connectivity index (χ3v) is 3.34. The Morgan fingerprint density at radius 1 is 1.33 bits per heavy atom. The number of hydrogen-bond donors (Lipinski definition) is 0. The van der Waals surface area contributed by atoms with Crippen LogP contribution < -0.4 is 4.74 Å². The third kappa shape index (κ3) is 5.10. The first-order chi connectivity index (χ1) is 8.69. The van der Waals surface area contributed by atoms with Gasteiger partial charge in [0.25, 0.3) is 0 Å². The molecular weight excluding hydrogens is 246 g/mol. The highest BCUT2D eigenvalue weighted by Gasteiger charge is 2.09. The van der Waals surface area contributed by atoms with Crippen LogP contribution in [0.25, 0.3) is 0 Å². The summed E-state index contributed by atoms with van der Waals surface area (Å²) in [5.41, 5.74) is 1.04. The van der Waals surface area contributed by atoms with E-state index in [-0.39, 0.29) is 5.78 Å². The van der Waals surface area contributed by atoms with Crippen molar-refractivity contribution in [1.29, 1.82) is 0 Å². The summed E-state index contributed by atoms with van der Waals surface area (Å²) in [6.07, 6.45) is 2.55. The molecule has 0 spiro atoms. The van der Waals surface area contributed by atoms with Gasteiger partial charge in [-0.25, -0.2) is 0 Å². The minimum atomic E-state index is 0.260. The zero-order chi connectivity index (χ0) is 13.4. The average molecular weight is 267 g/mol. The van der Waals surface area contributed by atoms with Crippen molar-refractivity contribution in [2.45, 2.75) is 13.3 Å². The Morgan fingerprint density at radius 2 is 2.00 bits per heavy atom. The Hall–Kier alpha value is -1.00. The highest BCUT2D eigenvalue weighted by Crippen LogP contribution is 2.12. The van der Waals surface area contributed by atoms with Crippen molar-refractivity contribution in [3.05, 3.63) is 29.8 Å². The maximum Gasteiger partial charge on any atom is 0.151 e. The van der Waals surface area contributed by atoms with Gasteiger partial charge in [0.1, 0.15) is 5.75 Å². The van der Waals surface area contributed by atoms with E-state index in [1.54, 1.807) is 18.9 Å². The summed E-state index contributed by atoms with van der Waals surface area (Å²) >= 11 is 1.74. The lowest BCUT2D eigenvalue weighted by Gasteiger charge is -2.17. The Balaban J connectivity index is 2.47. The summed E-state index contributed by atoms with van der Waals surface area (Å²) in [6, 6.07) is 7.67. The molecule has 0 aromatic heterocycles. The Kier molecular flexibility index (Phi) is 6.83. The van der Waals surface area contributed by atoms with Crippen molar-refractivity contribution in [3.63, 3.8) is 0 Å². The lowest BCUT2D eigenvalue weighted by Crippen LogP contribution is -2.30. The van der Waals surface area contributed by atoms with Crippen LogP contribution in [-0.4, -0.2) is 43.0 Å². The molecule has 1 aromatic rings. The van der Waals surface area contributed by atoms with E-state index in [1.807, 2.05) is 24.3 Å². The fourth-order valence-corrected chi connectivity index (χ4v) is 2.35. The molecule has 0 N–H and O–H groups in total. The summed E-state index contributed by atoms with van der Waals surface area (Å²) in [4.78, 5) is 14.1. The van der Waals surface area contributed by atoms with Crippen molar-refractivity contribution in [3.8, 4) is 5.75 Å². The number of rotatable bonds is 8. The van der Waals surface area contributed by atoms with Crippen LogP contribution in [0.5, 0.6) is 5.75 Å². The van der Waals surface area contributed by atoms with Gasteiger partial charge >= 0.3 is 0 Å². The predicted octanol–water partition coefficient (Wildman–Crippen LogP) is 2.45. The van der Waals surface area contributed by atoms with E-state index in [2.05, 4.69) is 18.1 Å². The zero-order valence-electron chi connectivity index (χ0n) is 11.3. The van der Waals surface area contributed by atoms with Crippen LogP contribution in [-0.2, 0) is 11.2 Å². The quantitative estimate of drug-likeness (QED) is 0.677. The molecule has 0 heterocycles. The molecule has 3 nitrogen and oxygen atoms in total. The van der Waals surface area contributed by atoms with Gasteiger partial charge in [-0.1, -0.05) is 19.1 Å². The van der Waals surface area contributed by atoms with Gasteiger partial charge in [0, 0.05) is 12.3 Å². The molecule has 0 aliphatic rings. The van der Waals surface area contributed by atoms with Gasteiger partial charge in [0.2, 0.25) is 0 Å². The molecule has 0 radical (unpaired) electrons. The molecule has 0 saturated carbocycles. The van der Waals surface area contributed by atoms with Gasteiger partial charge in [-0.15, -0.1) is 11.8 Å². The molecule has 18 heavy (non-hydrogen) atoms. The monoisotopic (exact) mass is 267 g/mol. The molecule has 0 amide bonds. The van der Waals surface area contributed by atoms with Crippen LogP contribution in [0, 0.1) is 0 Å². The average Bonchev–Trinajstić information content (AvgIpc) is 2.39. The van der Waals surface area contributed by atoms with E-state index in [0.29, 0.717) is 13.0 Å². The summed E-state index contributed by atoms with van der Waals surface area (Å²) in [7, 11) is 1.64. The Bertz CT molecular complexity index is 365. The SMILES string of the molecule is CCN(CSC)CC(=O)Cc1ccc(OC)cc1. The predicted molar refractivity (Wildman–Crippen MR) is 77.3 cm³/mol. The molecule has 0 saturated heterocycles.